The van der Waals surface area contributed by atoms with Crippen LogP contribution in [0.5, 0.6) is 0 Å². The van der Waals surface area contributed by atoms with Crippen molar-refractivity contribution in [1.82, 2.24) is 0 Å². The number of nitro groups is 1. The predicted octanol–water partition coefficient (Wildman–Crippen LogP) is 3.98. The SMILES string of the molecule is CSc1cccc(-c2ccccc2[N+](=O)[O-])c1. The standard InChI is InChI=1S/C13H11NO2S/c1-17-11-6-4-5-10(9-11)12-7-2-3-8-13(12)14(15)16/h2-9H,1H3. The number of para-hydroxylation sites is 1. The Labute approximate surface area is 104 Å². The van der Waals surface area contributed by atoms with Crippen LogP contribution in [0.3, 0.4) is 0 Å². The molecule has 0 aliphatic heterocycles. The Morgan fingerprint density at radius 2 is 1.88 bits per heavy atom. The first-order valence-corrected chi connectivity index (χ1v) is 6.32. The quantitative estimate of drug-likeness (QED) is 0.466. The van der Waals surface area contributed by atoms with Crippen LogP contribution in [0, 0.1) is 10.1 Å². The van der Waals surface area contributed by atoms with Crippen LogP contribution in [0.2, 0.25) is 0 Å². The molecule has 86 valence electrons. The molecule has 0 saturated heterocycles. The molecular formula is C13H11NO2S. The van der Waals surface area contributed by atoms with Crippen molar-refractivity contribution in [3.63, 3.8) is 0 Å². The Hall–Kier alpha value is -1.81. The van der Waals surface area contributed by atoms with Gasteiger partial charge in [-0.05, 0) is 30.0 Å². The van der Waals surface area contributed by atoms with Gasteiger partial charge in [-0.2, -0.15) is 0 Å². The van der Waals surface area contributed by atoms with Gasteiger partial charge in [-0.15, -0.1) is 11.8 Å². The van der Waals surface area contributed by atoms with Crippen LogP contribution in [0.1, 0.15) is 0 Å². The van der Waals surface area contributed by atoms with Crippen LogP contribution in [0.25, 0.3) is 11.1 Å². The fraction of sp³-hybridized carbons (Fsp3) is 0.0769. The molecule has 2 aromatic carbocycles. The van der Waals surface area contributed by atoms with Crippen molar-refractivity contribution in [3.05, 3.63) is 58.6 Å². The second kappa shape index (κ2) is 5.01. The zero-order valence-corrected chi connectivity index (χ0v) is 10.1. The molecule has 0 heterocycles. The lowest BCUT2D eigenvalue weighted by Crippen LogP contribution is -1.91. The number of hydrogen-bond acceptors (Lipinski definition) is 3. The van der Waals surface area contributed by atoms with E-state index in [-0.39, 0.29) is 10.6 Å². The van der Waals surface area contributed by atoms with E-state index in [9.17, 15) is 10.1 Å². The molecule has 0 fully saturated rings. The van der Waals surface area contributed by atoms with Crippen LogP contribution in [-0.4, -0.2) is 11.2 Å². The number of nitrogens with zero attached hydrogens (tertiary/aromatic N) is 1. The van der Waals surface area contributed by atoms with Gasteiger partial charge in [0.15, 0.2) is 0 Å². The molecule has 0 amide bonds. The van der Waals surface area contributed by atoms with Gasteiger partial charge in [0, 0.05) is 11.0 Å². The molecule has 0 radical (unpaired) electrons. The van der Waals surface area contributed by atoms with Crippen LogP contribution in [0.15, 0.2) is 53.4 Å². The van der Waals surface area contributed by atoms with Gasteiger partial charge in [-0.1, -0.05) is 24.3 Å². The molecule has 0 bridgehead atoms. The van der Waals surface area contributed by atoms with Crippen molar-refractivity contribution in [1.29, 1.82) is 0 Å². The molecule has 0 spiro atoms. The minimum absolute atomic E-state index is 0.144. The van der Waals surface area contributed by atoms with E-state index in [4.69, 9.17) is 0 Å². The minimum atomic E-state index is -0.346. The molecule has 0 saturated carbocycles. The fourth-order valence-electron chi connectivity index (χ4n) is 1.67. The molecule has 2 aromatic rings. The summed E-state index contributed by atoms with van der Waals surface area (Å²) in [6.07, 6.45) is 1.98. The Bertz CT molecular complexity index is 555. The van der Waals surface area contributed by atoms with Crippen LogP contribution < -0.4 is 0 Å². The molecule has 0 aliphatic carbocycles. The van der Waals surface area contributed by atoms with Gasteiger partial charge in [0.1, 0.15) is 0 Å². The number of nitro benzene ring substituents is 1. The maximum atomic E-state index is 10.9. The minimum Gasteiger partial charge on any atom is -0.258 e. The second-order valence-electron chi connectivity index (χ2n) is 3.51. The second-order valence-corrected chi connectivity index (χ2v) is 4.39. The van der Waals surface area contributed by atoms with Crippen LogP contribution >= 0.6 is 11.8 Å². The van der Waals surface area contributed by atoms with Gasteiger partial charge in [0.2, 0.25) is 0 Å². The average molecular weight is 245 g/mol. The summed E-state index contributed by atoms with van der Waals surface area (Å²) in [4.78, 5) is 11.7. The van der Waals surface area contributed by atoms with E-state index in [1.54, 1.807) is 23.9 Å². The van der Waals surface area contributed by atoms with Gasteiger partial charge < -0.3 is 0 Å². The van der Waals surface area contributed by atoms with E-state index in [2.05, 4.69) is 0 Å². The molecule has 0 aromatic heterocycles. The predicted molar refractivity (Wildman–Crippen MR) is 70.3 cm³/mol. The van der Waals surface area contributed by atoms with Crippen molar-refractivity contribution >= 4 is 17.4 Å². The highest BCUT2D eigenvalue weighted by atomic mass is 32.2. The zero-order chi connectivity index (χ0) is 12.3. The Morgan fingerprint density at radius 1 is 1.12 bits per heavy atom. The third kappa shape index (κ3) is 2.47. The molecular weight excluding hydrogens is 234 g/mol. The van der Waals surface area contributed by atoms with E-state index in [0.29, 0.717) is 5.56 Å². The topological polar surface area (TPSA) is 43.1 Å². The van der Waals surface area contributed by atoms with Crippen molar-refractivity contribution in [2.45, 2.75) is 4.90 Å². The first-order chi connectivity index (χ1) is 8.22. The molecule has 0 unspecified atom stereocenters. The van der Waals surface area contributed by atoms with E-state index >= 15 is 0 Å². The van der Waals surface area contributed by atoms with Crippen LogP contribution in [-0.2, 0) is 0 Å². The smallest absolute Gasteiger partial charge is 0.258 e. The van der Waals surface area contributed by atoms with Crippen molar-refractivity contribution in [2.24, 2.45) is 0 Å². The van der Waals surface area contributed by atoms with Gasteiger partial charge in [-0.3, -0.25) is 10.1 Å². The molecule has 17 heavy (non-hydrogen) atoms. The zero-order valence-electron chi connectivity index (χ0n) is 9.29. The highest BCUT2D eigenvalue weighted by Gasteiger charge is 2.13. The summed E-state index contributed by atoms with van der Waals surface area (Å²) in [5.41, 5.74) is 1.68. The summed E-state index contributed by atoms with van der Waals surface area (Å²) >= 11 is 1.62. The number of benzene rings is 2. The Balaban J connectivity index is 2.56. The van der Waals surface area contributed by atoms with Crippen molar-refractivity contribution < 1.29 is 4.92 Å². The molecule has 0 N–H and O–H groups in total. The number of hydrogen-bond donors (Lipinski definition) is 0. The van der Waals surface area contributed by atoms with Gasteiger partial charge in [0.05, 0.1) is 10.5 Å². The highest BCUT2D eigenvalue weighted by molar-refractivity contribution is 7.98. The van der Waals surface area contributed by atoms with E-state index < -0.39 is 0 Å². The summed E-state index contributed by atoms with van der Waals surface area (Å²) < 4.78 is 0. The highest BCUT2D eigenvalue weighted by Crippen LogP contribution is 2.31. The summed E-state index contributed by atoms with van der Waals surface area (Å²) in [5.74, 6) is 0. The first-order valence-electron chi connectivity index (χ1n) is 5.10. The fourth-order valence-corrected chi connectivity index (χ4v) is 2.13. The lowest BCUT2D eigenvalue weighted by molar-refractivity contribution is -0.384. The molecule has 4 heteroatoms. The lowest BCUT2D eigenvalue weighted by Gasteiger charge is -2.04. The third-order valence-electron chi connectivity index (χ3n) is 2.48. The van der Waals surface area contributed by atoms with Crippen molar-refractivity contribution in [2.75, 3.05) is 6.26 Å². The first kappa shape index (κ1) is 11.7. The van der Waals surface area contributed by atoms with Gasteiger partial charge >= 0.3 is 0 Å². The maximum Gasteiger partial charge on any atom is 0.277 e. The summed E-state index contributed by atoms with van der Waals surface area (Å²) in [6.45, 7) is 0. The van der Waals surface area contributed by atoms with E-state index in [0.717, 1.165) is 10.5 Å². The maximum absolute atomic E-state index is 10.9. The van der Waals surface area contributed by atoms with Crippen LogP contribution in [0.4, 0.5) is 5.69 Å². The van der Waals surface area contributed by atoms with Gasteiger partial charge in [0.25, 0.3) is 5.69 Å². The normalized spacial score (nSPS) is 10.2. The van der Waals surface area contributed by atoms with Crippen molar-refractivity contribution in [3.8, 4) is 11.1 Å². The summed E-state index contributed by atoms with van der Waals surface area (Å²) in [7, 11) is 0. The number of thioether (sulfide) groups is 1. The molecule has 2 rings (SSSR count). The third-order valence-corrected chi connectivity index (χ3v) is 3.21. The summed E-state index contributed by atoms with van der Waals surface area (Å²) in [5, 5.41) is 10.9. The van der Waals surface area contributed by atoms with E-state index in [1.165, 1.54) is 6.07 Å². The number of rotatable bonds is 3. The Morgan fingerprint density at radius 3 is 2.59 bits per heavy atom. The molecule has 0 atom stereocenters. The van der Waals surface area contributed by atoms with Gasteiger partial charge in [-0.25, -0.2) is 0 Å². The molecule has 3 nitrogen and oxygen atoms in total. The average Bonchev–Trinajstić information content (AvgIpc) is 2.39. The summed E-state index contributed by atoms with van der Waals surface area (Å²) in [6, 6.07) is 14.6. The molecule has 0 aliphatic rings. The lowest BCUT2D eigenvalue weighted by atomic mass is 10.0. The Kier molecular flexibility index (Phi) is 3.44. The van der Waals surface area contributed by atoms with E-state index in [1.807, 2.05) is 36.6 Å². The monoisotopic (exact) mass is 245 g/mol. The largest absolute Gasteiger partial charge is 0.277 e.